The zero-order chi connectivity index (χ0) is 18.7. The van der Waals surface area contributed by atoms with Crippen LogP contribution in [-0.2, 0) is 17.9 Å². The molecule has 2 aromatic heterocycles. The molecule has 6 rings (SSSR count). The number of amides is 1. The molecule has 1 aromatic carbocycles. The van der Waals surface area contributed by atoms with Gasteiger partial charge in [0.1, 0.15) is 0 Å². The van der Waals surface area contributed by atoms with Gasteiger partial charge in [0.15, 0.2) is 0 Å². The van der Waals surface area contributed by atoms with Crippen molar-refractivity contribution in [2.75, 3.05) is 0 Å². The van der Waals surface area contributed by atoms with Crippen molar-refractivity contribution in [1.82, 2.24) is 15.0 Å². The monoisotopic (exact) mass is 391 g/mol. The number of fused-ring (bicyclic) bond motifs is 3. The number of aromatic nitrogens is 2. The Balaban J connectivity index is 1.30. The van der Waals surface area contributed by atoms with Gasteiger partial charge < -0.3 is 9.42 Å². The molecule has 3 aromatic rings. The van der Waals surface area contributed by atoms with Crippen molar-refractivity contribution in [3.8, 4) is 11.4 Å². The maximum absolute atomic E-state index is 13.6. The summed E-state index contributed by atoms with van der Waals surface area (Å²) in [4.78, 5) is 20.3. The van der Waals surface area contributed by atoms with Crippen LogP contribution in [0.2, 0.25) is 0 Å². The molecule has 1 amide bonds. The molecular formula is C22H21N3O2S. The Morgan fingerprint density at radius 3 is 2.64 bits per heavy atom. The van der Waals surface area contributed by atoms with Gasteiger partial charge in [-0.2, -0.15) is 16.3 Å². The van der Waals surface area contributed by atoms with Gasteiger partial charge in [0.05, 0.1) is 11.8 Å². The van der Waals surface area contributed by atoms with Crippen molar-refractivity contribution in [2.45, 2.75) is 38.3 Å². The number of hydrogen-bond donors (Lipinski definition) is 0. The van der Waals surface area contributed by atoms with Crippen LogP contribution in [0, 0.1) is 17.8 Å². The molecule has 0 unspecified atom stereocenters. The summed E-state index contributed by atoms with van der Waals surface area (Å²) in [5.41, 5.74) is 3.53. The number of carbonyl (C=O) groups excluding carboxylic acids is 1. The Labute approximate surface area is 167 Å². The van der Waals surface area contributed by atoms with E-state index < -0.39 is 0 Å². The van der Waals surface area contributed by atoms with E-state index in [0.717, 1.165) is 37.9 Å². The zero-order valence-corrected chi connectivity index (χ0v) is 16.3. The number of thiophene rings is 1. The fourth-order valence-electron chi connectivity index (χ4n) is 5.58. The zero-order valence-electron chi connectivity index (χ0n) is 15.5. The summed E-state index contributed by atoms with van der Waals surface area (Å²) in [6.45, 7) is 1.44. The Bertz CT molecular complexity index is 1000. The molecule has 5 nitrogen and oxygen atoms in total. The lowest BCUT2D eigenvalue weighted by atomic mass is 9.78. The molecule has 28 heavy (non-hydrogen) atoms. The quantitative estimate of drug-likeness (QED) is 0.661. The topological polar surface area (TPSA) is 59.2 Å². The lowest BCUT2D eigenvalue weighted by Gasteiger charge is -2.31. The van der Waals surface area contributed by atoms with Crippen LogP contribution in [0.5, 0.6) is 0 Å². The molecule has 3 aliphatic rings. The standard InChI is InChI=1S/C22H21N3O2S/c26-22(25-10-15-3-1-2-4-16(15)11-25)19-14-6-5-13(9-14)18(19)21-23-20(24-27-21)17-7-8-28-12-17/h1-4,7-8,12-14,18-19H,5-6,9-11H2/t13-,14+,18+,19+/m1/s1. The molecule has 142 valence electrons. The Hall–Kier alpha value is -2.47. The normalized spacial score (nSPS) is 28.1. The summed E-state index contributed by atoms with van der Waals surface area (Å²) in [7, 11) is 0. The van der Waals surface area contributed by atoms with Crippen LogP contribution in [0.1, 0.15) is 42.2 Å². The summed E-state index contributed by atoms with van der Waals surface area (Å²) in [6, 6.07) is 10.4. The molecule has 0 radical (unpaired) electrons. The highest BCUT2D eigenvalue weighted by Crippen LogP contribution is 2.57. The summed E-state index contributed by atoms with van der Waals surface area (Å²) >= 11 is 1.62. The number of hydrogen-bond acceptors (Lipinski definition) is 5. The highest BCUT2D eigenvalue weighted by Gasteiger charge is 2.54. The van der Waals surface area contributed by atoms with Gasteiger partial charge in [0.25, 0.3) is 0 Å². The first kappa shape index (κ1) is 16.5. The SMILES string of the molecule is O=C([C@H]1[C@H]2CC[C@H](C2)[C@@H]1c1nc(-c2ccsc2)no1)N1Cc2ccccc2C1. The average Bonchev–Trinajstić information content (AvgIpc) is 3.52. The van der Waals surface area contributed by atoms with Crippen LogP contribution in [-0.4, -0.2) is 20.9 Å². The van der Waals surface area contributed by atoms with Gasteiger partial charge in [-0.15, -0.1) is 0 Å². The van der Waals surface area contributed by atoms with Gasteiger partial charge in [0, 0.05) is 24.0 Å². The minimum absolute atomic E-state index is 0.0242. The molecule has 0 saturated heterocycles. The first-order valence-corrected chi connectivity index (χ1v) is 10.9. The smallest absolute Gasteiger partial charge is 0.231 e. The third-order valence-electron chi connectivity index (χ3n) is 6.86. The average molecular weight is 391 g/mol. The second-order valence-electron chi connectivity index (χ2n) is 8.32. The van der Waals surface area contributed by atoms with E-state index in [-0.39, 0.29) is 17.7 Å². The highest BCUT2D eigenvalue weighted by atomic mass is 32.1. The van der Waals surface area contributed by atoms with E-state index in [1.807, 2.05) is 21.7 Å². The molecule has 1 aliphatic heterocycles. The van der Waals surface area contributed by atoms with Crippen LogP contribution in [0.4, 0.5) is 0 Å². The molecule has 0 spiro atoms. The third kappa shape index (κ3) is 2.47. The van der Waals surface area contributed by atoms with E-state index in [1.165, 1.54) is 11.1 Å². The van der Waals surface area contributed by atoms with Crippen molar-refractivity contribution in [3.05, 3.63) is 58.1 Å². The molecule has 6 heteroatoms. The Morgan fingerprint density at radius 1 is 1.11 bits per heavy atom. The predicted octanol–water partition coefficient (Wildman–Crippen LogP) is 4.47. The summed E-state index contributed by atoms with van der Waals surface area (Å²) in [6.07, 6.45) is 3.41. The summed E-state index contributed by atoms with van der Waals surface area (Å²) in [5.74, 6) is 2.53. The highest BCUT2D eigenvalue weighted by molar-refractivity contribution is 7.08. The van der Waals surface area contributed by atoms with E-state index >= 15 is 0 Å². The molecule has 2 bridgehead atoms. The van der Waals surface area contributed by atoms with E-state index in [0.29, 0.717) is 23.6 Å². The minimum Gasteiger partial charge on any atom is -0.339 e. The molecule has 3 heterocycles. The van der Waals surface area contributed by atoms with Crippen molar-refractivity contribution in [1.29, 1.82) is 0 Å². The van der Waals surface area contributed by atoms with Crippen molar-refractivity contribution in [3.63, 3.8) is 0 Å². The first-order valence-electron chi connectivity index (χ1n) is 9.99. The van der Waals surface area contributed by atoms with Crippen molar-refractivity contribution < 1.29 is 9.32 Å². The molecular weight excluding hydrogens is 370 g/mol. The van der Waals surface area contributed by atoms with Gasteiger partial charge in [-0.1, -0.05) is 29.4 Å². The second-order valence-corrected chi connectivity index (χ2v) is 9.10. The van der Waals surface area contributed by atoms with Crippen LogP contribution >= 0.6 is 11.3 Å². The largest absolute Gasteiger partial charge is 0.339 e. The number of benzene rings is 1. The van der Waals surface area contributed by atoms with E-state index in [9.17, 15) is 4.79 Å². The molecule has 2 saturated carbocycles. The van der Waals surface area contributed by atoms with Gasteiger partial charge in [-0.3, -0.25) is 4.79 Å². The van der Waals surface area contributed by atoms with Crippen LogP contribution in [0.25, 0.3) is 11.4 Å². The fourth-order valence-corrected chi connectivity index (χ4v) is 6.22. The minimum atomic E-state index is -0.0242. The van der Waals surface area contributed by atoms with Gasteiger partial charge in [-0.25, -0.2) is 0 Å². The first-order chi connectivity index (χ1) is 13.8. The van der Waals surface area contributed by atoms with Crippen LogP contribution < -0.4 is 0 Å². The third-order valence-corrected chi connectivity index (χ3v) is 7.54. The van der Waals surface area contributed by atoms with Crippen LogP contribution in [0.3, 0.4) is 0 Å². The molecule has 2 aliphatic carbocycles. The fraction of sp³-hybridized carbons (Fsp3) is 0.409. The molecule has 2 fully saturated rings. The van der Waals surface area contributed by atoms with Crippen molar-refractivity contribution in [2.24, 2.45) is 17.8 Å². The van der Waals surface area contributed by atoms with E-state index in [4.69, 9.17) is 9.51 Å². The van der Waals surface area contributed by atoms with Crippen LogP contribution in [0.15, 0.2) is 45.6 Å². The molecule has 4 atom stereocenters. The molecule has 0 N–H and O–H groups in total. The van der Waals surface area contributed by atoms with Gasteiger partial charge in [-0.05, 0) is 53.7 Å². The second kappa shape index (κ2) is 6.27. The van der Waals surface area contributed by atoms with Gasteiger partial charge in [0.2, 0.25) is 17.6 Å². The van der Waals surface area contributed by atoms with Crippen molar-refractivity contribution >= 4 is 17.2 Å². The predicted molar refractivity (Wildman–Crippen MR) is 105 cm³/mol. The maximum atomic E-state index is 13.6. The number of rotatable bonds is 3. The Kier molecular flexibility index (Phi) is 3.69. The lowest BCUT2D eigenvalue weighted by Crippen LogP contribution is -2.38. The number of nitrogens with zero attached hydrogens (tertiary/aromatic N) is 3. The van der Waals surface area contributed by atoms with Gasteiger partial charge >= 0.3 is 0 Å². The van der Waals surface area contributed by atoms with E-state index in [1.54, 1.807) is 11.3 Å². The lowest BCUT2D eigenvalue weighted by molar-refractivity contribution is -0.138. The summed E-state index contributed by atoms with van der Waals surface area (Å²) in [5, 5.41) is 8.25. The summed E-state index contributed by atoms with van der Waals surface area (Å²) < 4.78 is 5.70. The Morgan fingerprint density at radius 2 is 1.89 bits per heavy atom. The number of carbonyl (C=O) groups is 1. The maximum Gasteiger partial charge on any atom is 0.231 e. The van der Waals surface area contributed by atoms with E-state index in [2.05, 4.69) is 29.4 Å².